The Kier molecular flexibility index (Phi) is 5.80. The van der Waals surface area contributed by atoms with Gasteiger partial charge in [-0.3, -0.25) is 9.59 Å². The third-order valence-corrected chi connectivity index (χ3v) is 6.17. The molecule has 4 rings (SSSR count). The number of piperidine rings is 1. The summed E-state index contributed by atoms with van der Waals surface area (Å²) in [6.45, 7) is 5.53. The molecule has 0 radical (unpaired) electrons. The number of ether oxygens (including phenoxy) is 1. The Morgan fingerprint density at radius 3 is 2.43 bits per heavy atom. The molecule has 2 heterocycles. The van der Waals surface area contributed by atoms with Crippen molar-refractivity contribution < 1.29 is 14.3 Å². The zero-order valence-electron chi connectivity index (χ0n) is 17.8. The van der Waals surface area contributed by atoms with E-state index in [0.717, 1.165) is 38.0 Å². The number of carbonyl (C=O) groups is 2. The van der Waals surface area contributed by atoms with Crippen LogP contribution in [0.5, 0.6) is 5.75 Å². The zero-order chi connectivity index (χ0) is 21.1. The Labute approximate surface area is 178 Å². The molecule has 0 N–H and O–H groups in total. The summed E-state index contributed by atoms with van der Waals surface area (Å²) in [5.41, 5.74) is 1.19. The molecule has 30 heavy (non-hydrogen) atoms. The van der Waals surface area contributed by atoms with Crippen molar-refractivity contribution >= 4 is 17.5 Å². The minimum Gasteiger partial charge on any atom is -0.476 e. The molecule has 0 saturated carbocycles. The molecular weight excluding hydrogens is 376 g/mol. The van der Waals surface area contributed by atoms with Crippen LogP contribution in [0.2, 0.25) is 0 Å². The predicted octanol–water partition coefficient (Wildman–Crippen LogP) is 4.06. The van der Waals surface area contributed by atoms with Gasteiger partial charge in [0, 0.05) is 26.1 Å². The van der Waals surface area contributed by atoms with Crippen LogP contribution in [0.15, 0.2) is 54.6 Å². The zero-order valence-corrected chi connectivity index (χ0v) is 17.8. The third-order valence-electron chi connectivity index (χ3n) is 6.17. The average Bonchev–Trinajstić information content (AvgIpc) is 2.75. The van der Waals surface area contributed by atoms with Gasteiger partial charge in [-0.1, -0.05) is 42.5 Å². The highest BCUT2D eigenvalue weighted by atomic mass is 16.5. The molecule has 0 aromatic heterocycles. The lowest BCUT2D eigenvalue weighted by atomic mass is 9.90. The maximum absolute atomic E-state index is 12.9. The van der Waals surface area contributed by atoms with Gasteiger partial charge in [0.15, 0.2) is 5.60 Å². The molecule has 0 bridgehead atoms. The Hall–Kier alpha value is -2.82. The lowest BCUT2D eigenvalue weighted by Gasteiger charge is -2.39. The largest absolute Gasteiger partial charge is 0.476 e. The van der Waals surface area contributed by atoms with E-state index in [0.29, 0.717) is 24.6 Å². The van der Waals surface area contributed by atoms with Crippen molar-refractivity contribution in [2.75, 3.05) is 24.5 Å². The van der Waals surface area contributed by atoms with Crippen molar-refractivity contribution in [2.24, 2.45) is 5.92 Å². The van der Waals surface area contributed by atoms with Crippen LogP contribution in [0.3, 0.4) is 0 Å². The van der Waals surface area contributed by atoms with Crippen molar-refractivity contribution in [1.29, 1.82) is 0 Å². The number of nitrogens with zero attached hydrogens (tertiary/aromatic N) is 2. The molecule has 0 unspecified atom stereocenters. The summed E-state index contributed by atoms with van der Waals surface area (Å²) in [6, 6.07) is 18.1. The Morgan fingerprint density at radius 1 is 1.03 bits per heavy atom. The van der Waals surface area contributed by atoms with Crippen molar-refractivity contribution in [3.63, 3.8) is 0 Å². The van der Waals surface area contributed by atoms with Gasteiger partial charge in [-0.25, -0.2) is 0 Å². The second-order valence-electron chi connectivity index (χ2n) is 8.80. The van der Waals surface area contributed by atoms with E-state index in [9.17, 15) is 9.59 Å². The van der Waals surface area contributed by atoms with Crippen LogP contribution in [-0.2, 0) is 16.0 Å². The maximum Gasteiger partial charge on any atom is 0.270 e. The first-order valence-electron chi connectivity index (χ1n) is 10.9. The number of rotatable bonds is 5. The van der Waals surface area contributed by atoms with Crippen molar-refractivity contribution in [3.05, 3.63) is 60.2 Å². The van der Waals surface area contributed by atoms with Gasteiger partial charge in [0.1, 0.15) is 5.75 Å². The highest BCUT2D eigenvalue weighted by Crippen LogP contribution is 2.37. The van der Waals surface area contributed by atoms with E-state index in [1.165, 1.54) is 5.56 Å². The molecular formula is C25H30N2O3. The minimum absolute atomic E-state index is 0.101. The molecule has 5 heteroatoms. The first-order chi connectivity index (χ1) is 14.4. The van der Waals surface area contributed by atoms with E-state index in [1.54, 1.807) is 18.7 Å². The summed E-state index contributed by atoms with van der Waals surface area (Å²) in [7, 11) is 0. The van der Waals surface area contributed by atoms with Crippen LogP contribution in [0.25, 0.3) is 0 Å². The van der Waals surface area contributed by atoms with E-state index >= 15 is 0 Å². The number of amides is 2. The van der Waals surface area contributed by atoms with Gasteiger partial charge >= 0.3 is 0 Å². The lowest BCUT2D eigenvalue weighted by molar-refractivity contribution is -0.134. The topological polar surface area (TPSA) is 49.9 Å². The van der Waals surface area contributed by atoms with Gasteiger partial charge in [-0.05, 0) is 56.7 Å². The van der Waals surface area contributed by atoms with Crippen LogP contribution >= 0.6 is 0 Å². The number of hydrogen-bond donors (Lipinski definition) is 0. The summed E-state index contributed by atoms with van der Waals surface area (Å²) in [5.74, 6) is 1.35. The number of para-hydroxylation sites is 2. The Bertz CT molecular complexity index is 902. The predicted molar refractivity (Wildman–Crippen MR) is 118 cm³/mol. The average molecular weight is 407 g/mol. The quantitative estimate of drug-likeness (QED) is 0.752. The maximum atomic E-state index is 12.9. The minimum atomic E-state index is -0.923. The standard InChI is InChI=1S/C25H30N2O3/c1-25(2)24(29)27(21-10-6-7-11-22(21)30-25)17-14-23(28)26-15-12-20(13-16-26)18-19-8-4-3-5-9-19/h3-11,20H,12-18H2,1-2H3. The molecule has 2 aliphatic rings. The number of hydrogen-bond acceptors (Lipinski definition) is 3. The number of anilines is 1. The molecule has 0 spiro atoms. The van der Waals surface area contributed by atoms with E-state index in [4.69, 9.17) is 4.74 Å². The van der Waals surface area contributed by atoms with Gasteiger partial charge in [-0.2, -0.15) is 0 Å². The van der Waals surface area contributed by atoms with Crippen molar-refractivity contribution in [3.8, 4) is 5.75 Å². The summed E-state index contributed by atoms with van der Waals surface area (Å²) < 4.78 is 5.86. The van der Waals surface area contributed by atoms with Gasteiger partial charge in [-0.15, -0.1) is 0 Å². The normalized spacial score (nSPS) is 18.7. The number of benzene rings is 2. The van der Waals surface area contributed by atoms with Crippen LogP contribution in [-0.4, -0.2) is 41.9 Å². The summed E-state index contributed by atoms with van der Waals surface area (Å²) >= 11 is 0. The van der Waals surface area contributed by atoms with E-state index in [2.05, 4.69) is 24.3 Å². The fourth-order valence-corrected chi connectivity index (χ4v) is 4.44. The molecule has 2 amide bonds. The van der Waals surface area contributed by atoms with Gasteiger partial charge in [0.2, 0.25) is 5.91 Å². The van der Waals surface area contributed by atoms with Crippen LogP contribution in [0.1, 0.15) is 38.7 Å². The van der Waals surface area contributed by atoms with Crippen LogP contribution in [0.4, 0.5) is 5.69 Å². The summed E-state index contributed by atoms with van der Waals surface area (Å²) in [6.07, 6.45) is 3.48. The smallest absolute Gasteiger partial charge is 0.270 e. The molecule has 5 nitrogen and oxygen atoms in total. The Morgan fingerprint density at radius 2 is 1.70 bits per heavy atom. The van der Waals surface area contributed by atoms with Gasteiger partial charge in [0.25, 0.3) is 5.91 Å². The molecule has 1 saturated heterocycles. The van der Waals surface area contributed by atoms with E-state index in [-0.39, 0.29) is 11.8 Å². The molecule has 0 aliphatic carbocycles. The SMILES string of the molecule is CC1(C)Oc2ccccc2N(CCC(=O)N2CCC(Cc3ccccc3)CC2)C1=O. The number of likely N-dealkylation sites (tertiary alicyclic amines) is 1. The lowest BCUT2D eigenvalue weighted by Crippen LogP contribution is -2.53. The Balaban J connectivity index is 1.32. The molecule has 0 atom stereocenters. The molecule has 1 fully saturated rings. The summed E-state index contributed by atoms with van der Waals surface area (Å²) in [5, 5.41) is 0. The van der Waals surface area contributed by atoms with Gasteiger partial charge < -0.3 is 14.5 Å². The van der Waals surface area contributed by atoms with Crippen LogP contribution < -0.4 is 9.64 Å². The van der Waals surface area contributed by atoms with Crippen LogP contribution in [0, 0.1) is 5.92 Å². The molecule has 2 aromatic carbocycles. The highest BCUT2D eigenvalue weighted by Gasteiger charge is 2.40. The monoisotopic (exact) mass is 406 g/mol. The second kappa shape index (κ2) is 8.50. The fourth-order valence-electron chi connectivity index (χ4n) is 4.44. The first-order valence-corrected chi connectivity index (χ1v) is 10.9. The first kappa shape index (κ1) is 20.5. The van der Waals surface area contributed by atoms with Gasteiger partial charge in [0.05, 0.1) is 5.69 Å². The van der Waals surface area contributed by atoms with E-state index < -0.39 is 5.60 Å². The molecule has 158 valence electrons. The number of carbonyl (C=O) groups excluding carboxylic acids is 2. The summed E-state index contributed by atoms with van der Waals surface area (Å²) in [4.78, 5) is 29.4. The van der Waals surface area contributed by atoms with Crippen molar-refractivity contribution in [2.45, 2.75) is 45.1 Å². The molecule has 2 aromatic rings. The fraction of sp³-hybridized carbons (Fsp3) is 0.440. The number of fused-ring (bicyclic) bond motifs is 1. The highest BCUT2D eigenvalue weighted by molar-refractivity contribution is 6.02. The van der Waals surface area contributed by atoms with E-state index in [1.807, 2.05) is 35.2 Å². The third kappa shape index (κ3) is 4.35. The molecule has 2 aliphatic heterocycles. The van der Waals surface area contributed by atoms with Crippen molar-refractivity contribution in [1.82, 2.24) is 4.90 Å². The second-order valence-corrected chi connectivity index (χ2v) is 8.80.